The Morgan fingerprint density at radius 3 is 2.83 bits per heavy atom. The SMILES string of the molecule is CCc1occc1C(O)Cc1ccc(Br)cc1F. The van der Waals surface area contributed by atoms with Gasteiger partial charge in [0.1, 0.15) is 11.6 Å². The lowest BCUT2D eigenvalue weighted by Crippen LogP contribution is -2.04. The number of furan rings is 1. The second-order valence-corrected chi connectivity index (χ2v) is 5.02. The van der Waals surface area contributed by atoms with E-state index < -0.39 is 6.10 Å². The van der Waals surface area contributed by atoms with Crippen LogP contribution in [0.1, 0.15) is 29.9 Å². The van der Waals surface area contributed by atoms with Crippen LogP contribution in [0.2, 0.25) is 0 Å². The Hall–Kier alpha value is -1.13. The number of halogens is 2. The molecule has 0 aliphatic rings. The molecule has 1 N–H and O–H groups in total. The van der Waals surface area contributed by atoms with Gasteiger partial charge in [0.25, 0.3) is 0 Å². The molecule has 1 heterocycles. The Kier molecular flexibility index (Phi) is 4.19. The monoisotopic (exact) mass is 312 g/mol. The maximum Gasteiger partial charge on any atom is 0.127 e. The maximum absolute atomic E-state index is 13.7. The Morgan fingerprint density at radius 1 is 1.39 bits per heavy atom. The van der Waals surface area contributed by atoms with Gasteiger partial charge in [-0.1, -0.05) is 28.9 Å². The molecule has 0 saturated heterocycles. The summed E-state index contributed by atoms with van der Waals surface area (Å²) in [6.45, 7) is 1.95. The molecule has 2 aromatic rings. The average Bonchev–Trinajstić information content (AvgIpc) is 2.81. The molecule has 0 bridgehead atoms. The number of rotatable bonds is 4. The highest BCUT2D eigenvalue weighted by Crippen LogP contribution is 2.25. The van der Waals surface area contributed by atoms with Crippen molar-refractivity contribution in [2.45, 2.75) is 25.9 Å². The van der Waals surface area contributed by atoms with E-state index >= 15 is 0 Å². The molecule has 0 aliphatic heterocycles. The molecular weight excluding hydrogens is 299 g/mol. The average molecular weight is 313 g/mol. The van der Waals surface area contributed by atoms with Gasteiger partial charge in [0, 0.05) is 22.9 Å². The number of hydrogen-bond donors (Lipinski definition) is 1. The lowest BCUT2D eigenvalue weighted by Gasteiger charge is -2.11. The molecule has 18 heavy (non-hydrogen) atoms. The van der Waals surface area contributed by atoms with Crippen molar-refractivity contribution in [2.24, 2.45) is 0 Å². The van der Waals surface area contributed by atoms with Gasteiger partial charge in [0.15, 0.2) is 0 Å². The molecule has 0 saturated carbocycles. The summed E-state index contributed by atoms with van der Waals surface area (Å²) in [6.07, 6.45) is 1.76. The first-order chi connectivity index (χ1) is 8.61. The first kappa shape index (κ1) is 13.3. The van der Waals surface area contributed by atoms with Crippen molar-refractivity contribution < 1.29 is 13.9 Å². The van der Waals surface area contributed by atoms with E-state index in [1.54, 1.807) is 24.5 Å². The molecule has 4 heteroatoms. The predicted molar refractivity (Wildman–Crippen MR) is 70.8 cm³/mol. The van der Waals surface area contributed by atoms with Crippen LogP contribution in [-0.2, 0) is 12.8 Å². The quantitative estimate of drug-likeness (QED) is 0.925. The first-order valence-corrected chi connectivity index (χ1v) is 6.59. The van der Waals surface area contributed by atoms with Crippen LogP contribution in [0.4, 0.5) is 4.39 Å². The molecule has 0 spiro atoms. The third kappa shape index (κ3) is 2.82. The zero-order chi connectivity index (χ0) is 13.1. The summed E-state index contributed by atoms with van der Waals surface area (Å²) < 4.78 is 19.6. The molecule has 1 atom stereocenters. The van der Waals surface area contributed by atoms with E-state index in [4.69, 9.17) is 4.42 Å². The van der Waals surface area contributed by atoms with Gasteiger partial charge in [0.2, 0.25) is 0 Å². The molecule has 1 aromatic heterocycles. The summed E-state index contributed by atoms with van der Waals surface area (Å²) in [5, 5.41) is 10.1. The van der Waals surface area contributed by atoms with Crippen LogP contribution < -0.4 is 0 Å². The van der Waals surface area contributed by atoms with Crippen LogP contribution in [0.15, 0.2) is 39.4 Å². The van der Waals surface area contributed by atoms with Crippen LogP contribution in [-0.4, -0.2) is 5.11 Å². The van der Waals surface area contributed by atoms with E-state index in [2.05, 4.69) is 15.9 Å². The van der Waals surface area contributed by atoms with E-state index in [1.165, 1.54) is 6.07 Å². The van der Waals surface area contributed by atoms with Gasteiger partial charge in [-0.3, -0.25) is 0 Å². The van der Waals surface area contributed by atoms with Crippen LogP contribution in [0.5, 0.6) is 0 Å². The topological polar surface area (TPSA) is 33.4 Å². The van der Waals surface area contributed by atoms with E-state index in [1.807, 2.05) is 6.92 Å². The van der Waals surface area contributed by atoms with Crippen molar-refractivity contribution in [1.29, 1.82) is 0 Å². The first-order valence-electron chi connectivity index (χ1n) is 5.80. The number of hydrogen-bond acceptors (Lipinski definition) is 2. The maximum atomic E-state index is 13.7. The fourth-order valence-electron chi connectivity index (χ4n) is 1.94. The summed E-state index contributed by atoms with van der Waals surface area (Å²) in [5.41, 5.74) is 1.23. The van der Waals surface area contributed by atoms with Crippen molar-refractivity contribution in [3.63, 3.8) is 0 Å². The normalized spacial score (nSPS) is 12.7. The highest BCUT2D eigenvalue weighted by molar-refractivity contribution is 9.10. The van der Waals surface area contributed by atoms with Crippen molar-refractivity contribution in [3.8, 4) is 0 Å². The molecule has 0 fully saturated rings. The van der Waals surface area contributed by atoms with Crippen molar-refractivity contribution in [2.75, 3.05) is 0 Å². The van der Waals surface area contributed by atoms with E-state index in [0.717, 1.165) is 11.3 Å². The summed E-state index contributed by atoms with van der Waals surface area (Å²) >= 11 is 3.21. The van der Waals surface area contributed by atoms with Gasteiger partial charge in [-0.25, -0.2) is 4.39 Å². The number of aliphatic hydroxyl groups excluding tert-OH is 1. The van der Waals surface area contributed by atoms with Gasteiger partial charge < -0.3 is 9.52 Å². The lowest BCUT2D eigenvalue weighted by atomic mass is 10.0. The second-order valence-electron chi connectivity index (χ2n) is 4.11. The number of aliphatic hydroxyl groups is 1. The highest BCUT2D eigenvalue weighted by atomic mass is 79.9. The molecule has 0 amide bonds. The smallest absolute Gasteiger partial charge is 0.127 e. The Labute approximate surface area is 114 Å². The molecule has 1 aromatic carbocycles. The minimum absolute atomic E-state index is 0.242. The summed E-state index contributed by atoms with van der Waals surface area (Å²) in [5.74, 6) is 0.435. The largest absolute Gasteiger partial charge is 0.469 e. The molecule has 2 rings (SSSR count). The van der Waals surface area contributed by atoms with E-state index in [-0.39, 0.29) is 12.2 Å². The molecular formula is C14H14BrFO2. The standard InChI is InChI=1S/C14H14BrFO2/c1-2-14-11(5-6-18-14)13(17)7-9-3-4-10(15)8-12(9)16/h3-6,8,13,17H,2,7H2,1H3. The van der Waals surface area contributed by atoms with Gasteiger partial charge in [-0.15, -0.1) is 0 Å². The molecule has 96 valence electrons. The van der Waals surface area contributed by atoms with E-state index in [9.17, 15) is 9.50 Å². The van der Waals surface area contributed by atoms with Crippen LogP contribution in [0.3, 0.4) is 0 Å². The van der Waals surface area contributed by atoms with Crippen molar-refractivity contribution >= 4 is 15.9 Å². The number of benzene rings is 1. The predicted octanol–water partition coefficient (Wildman–Crippen LogP) is 4.02. The Balaban J connectivity index is 2.18. The van der Waals surface area contributed by atoms with E-state index in [0.29, 0.717) is 16.5 Å². The number of aryl methyl sites for hydroxylation is 1. The minimum atomic E-state index is -0.741. The van der Waals surface area contributed by atoms with Crippen LogP contribution in [0.25, 0.3) is 0 Å². The fraction of sp³-hybridized carbons (Fsp3) is 0.286. The van der Waals surface area contributed by atoms with Crippen LogP contribution >= 0.6 is 15.9 Å². The Morgan fingerprint density at radius 2 is 2.17 bits per heavy atom. The zero-order valence-corrected chi connectivity index (χ0v) is 11.6. The summed E-state index contributed by atoms with van der Waals surface area (Å²) in [6, 6.07) is 6.58. The molecule has 1 unspecified atom stereocenters. The molecule has 0 radical (unpaired) electrons. The highest BCUT2D eigenvalue weighted by Gasteiger charge is 2.16. The van der Waals surface area contributed by atoms with Crippen molar-refractivity contribution in [3.05, 3.63) is 57.7 Å². The zero-order valence-electron chi connectivity index (χ0n) is 9.99. The summed E-state index contributed by atoms with van der Waals surface area (Å²) in [4.78, 5) is 0. The van der Waals surface area contributed by atoms with Gasteiger partial charge in [-0.05, 0) is 23.8 Å². The molecule has 2 nitrogen and oxygen atoms in total. The fourth-order valence-corrected chi connectivity index (χ4v) is 2.27. The van der Waals surface area contributed by atoms with Gasteiger partial charge in [0.05, 0.1) is 12.4 Å². The lowest BCUT2D eigenvalue weighted by molar-refractivity contribution is 0.174. The van der Waals surface area contributed by atoms with Crippen molar-refractivity contribution in [1.82, 2.24) is 0 Å². The third-order valence-corrected chi connectivity index (χ3v) is 3.38. The second kappa shape index (κ2) is 5.67. The van der Waals surface area contributed by atoms with Gasteiger partial charge in [-0.2, -0.15) is 0 Å². The Bertz CT molecular complexity index is 536. The third-order valence-electron chi connectivity index (χ3n) is 2.89. The van der Waals surface area contributed by atoms with Gasteiger partial charge >= 0.3 is 0 Å². The minimum Gasteiger partial charge on any atom is -0.469 e. The summed E-state index contributed by atoms with van der Waals surface area (Å²) in [7, 11) is 0. The molecule has 0 aliphatic carbocycles. The van der Waals surface area contributed by atoms with Crippen LogP contribution in [0, 0.1) is 5.82 Å².